The van der Waals surface area contributed by atoms with Gasteiger partial charge in [0, 0.05) is 0 Å². The third kappa shape index (κ3) is 3.21. The molecule has 1 heteroatoms. The minimum absolute atomic E-state index is 0.000732. The van der Waals surface area contributed by atoms with Crippen molar-refractivity contribution in [3.63, 3.8) is 0 Å². The molecule has 1 nitrogen and oxygen atoms in total. The van der Waals surface area contributed by atoms with Crippen LogP contribution in [0.15, 0.2) is 0 Å². The lowest BCUT2D eigenvalue weighted by atomic mass is 9.44. The molecule has 0 amide bonds. The molecule has 5 fully saturated rings. The normalized spacial score (nSPS) is 51.5. The topological polar surface area (TPSA) is 20.2 Å². The maximum Gasteiger partial charge on any atom is 0.0543 e. The van der Waals surface area contributed by atoms with E-state index >= 15 is 0 Å². The summed E-state index contributed by atoms with van der Waals surface area (Å²) >= 11 is 0. The Balaban J connectivity index is 1.25. The maximum atomic E-state index is 10.2. The fraction of sp³-hybridized carbons (Fsp3) is 1.00. The summed E-state index contributed by atoms with van der Waals surface area (Å²) in [5.41, 5.74) is 1.21. The van der Waals surface area contributed by atoms with Gasteiger partial charge in [0.25, 0.3) is 0 Å². The standard InChI is InChI=1S/C27H46O/c1-26-17-15-25-23(12-10-21-18-22(28)14-16-27(21,25)2)24(26)13-11-20(26)9-5-8-19-6-3-4-7-19/h19-25,28H,3-18H2,1-2H3/t20?,21-,22+,23+,24?,25?,26?,27+/m1/s1. The van der Waals surface area contributed by atoms with Crippen molar-refractivity contribution in [1.82, 2.24) is 0 Å². The molecule has 0 saturated heterocycles. The van der Waals surface area contributed by atoms with Crippen molar-refractivity contribution in [2.45, 2.75) is 123 Å². The van der Waals surface area contributed by atoms with Gasteiger partial charge in [0.15, 0.2) is 0 Å². The van der Waals surface area contributed by atoms with Gasteiger partial charge in [0.2, 0.25) is 0 Å². The van der Waals surface area contributed by atoms with Crippen LogP contribution in [-0.2, 0) is 0 Å². The molecule has 0 aliphatic heterocycles. The van der Waals surface area contributed by atoms with Crippen molar-refractivity contribution in [2.24, 2.45) is 46.3 Å². The second-order valence-corrected chi connectivity index (χ2v) is 12.5. The summed E-state index contributed by atoms with van der Waals surface area (Å²) in [6.07, 6.45) is 23.1. The van der Waals surface area contributed by atoms with Crippen molar-refractivity contribution in [3.05, 3.63) is 0 Å². The molecule has 1 N–H and O–H groups in total. The van der Waals surface area contributed by atoms with Crippen LogP contribution in [0, 0.1) is 46.3 Å². The van der Waals surface area contributed by atoms with E-state index in [4.69, 9.17) is 0 Å². The van der Waals surface area contributed by atoms with E-state index in [9.17, 15) is 5.11 Å². The molecule has 5 rings (SSSR count). The predicted molar refractivity (Wildman–Crippen MR) is 117 cm³/mol. The Bertz CT molecular complexity index is 550. The third-order valence-corrected chi connectivity index (χ3v) is 11.5. The monoisotopic (exact) mass is 386 g/mol. The smallest absolute Gasteiger partial charge is 0.0543 e. The minimum atomic E-state index is -0.000732. The van der Waals surface area contributed by atoms with Gasteiger partial charge >= 0.3 is 0 Å². The summed E-state index contributed by atoms with van der Waals surface area (Å²) in [4.78, 5) is 0. The van der Waals surface area contributed by atoms with Crippen LogP contribution in [0.1, 0.15) is 117 Å². The highest BCUT2D eigenvalue weighted by molar-refractivity contribution is 5.09. The molecule has 0 aromatic heterocycles. The second-order valence-electron chi connectivity index (χ2n) is 12.5. The maximum absolute atomic E-state index is 10.2. The molecule has 5 aliphatic carbocycles. The molecule has 0 bridgehead atoms. The first-order valence-corrected chi connectivity index (χ1v) is 13.2. The number of fused-ring (bicyclic) bond motifs is 5. The molecule has 0 radical (unpaired) electrons. The number of hydrogen-bond donors (Lipinski definition) is 1. The van der Waals surface area contributed by atoms with Gasteiger partial charge in [0.1, 0.15) is 0 Å². The van der Waals surface area contributed by atoms with Crippen LogP contribution in [0.3, 0.4) is 0 Å². The Labute approximate surface area is 174 Å². The Hall–Kier alpha value is -0.0400. The summed E-state index contributed by atoms with van der Waals surface area (Å²) in [5.74, 6) is 5.91. The van der Waals surface area contributed by atoms with Crippen molar-refractivity contribution >= 4 is 0 Å². The fourth-order valence-electron chi connectivity index (χ4n) is 9.77. The molecular weight excluding hydrogens is 340 g/mol. The first-order chi connectivity index (χ1) is 13.5. The van der Waals surface area contributed by atoms with E-state index in [1.807, 2.05) is 0 Å². The molecule has 0 aromatic carbocycles. The van der Waals surface area contributed by atoms with E-state index < -0.39 is 0 Å². The van der Waals surface area contributed by atoms with E-state index in [-0.39, 0.29) is 6.10 Å². The SMILES string of the molecule is CC12CCC3[C@@H](CC[C@@H]4C[C@@H](O)CC[C@]34C)C1CCC2CCCC1CCCC1. The number of hydrogen-bond acceptors (Lipinski definition) is 1. The number of rotatable bonds is 4. The molecule has 0 aromatic rings. The molecule has 8 atom stereocenters. The van der Waals surface area contributed by atoms with Gasteiger partial charge in [-0.25, -0.2) is 0 Å². The molecule has 160 valence electrons. The van der Waals surface area contributed by atoms with Crippen LogP contribution in [0.4, 0.5) is 0 Å². The first kappa shape index (κ1) is 19.9. The summed E-state index contributed by atoms with van der Waals surface area (Å²) in [6.45, 7) is 5.36. The summed E-state index contributed by atoms with van der Waals surface area (Å²) < 4.78 is 0. The molecule has 0 heterocycles. The Morgan fingerprint density at radius 3 is 2.32 bits per heavy atom. The van der Waals surface area contributed by atoms with Gasteiger partial charge in [-0.3, -0.25) is 0 Å². The first-order valence-electron chi connectivity index (χ1n) is 13.2. The number of aliphatic hydroxyl groups excluding tert-OH is 1. The van der Waals surface area contributed by atoms with Crippen molar-refractivity contribution in [3.8, 4) is 0 Å². The lowest BCUT2D eigenvalue weighted by Gasteiger charge is -2.61. The highest BCUT2D eigenvalue weighted by Gasteiger charge is 2.59. The third-order valence-electron chi connectivity index (χ3n) is 11.5. The zero-order chi connectivity index (χ0) is 19.4. The van der Waals surface area contributed by atoms with Crippen molar-refractivity contribution < 1.29 is 5.11 Å². The van der Waals surface area contributed by atoms with E-state index in [0.717, 1.165) is 48.3 Å². The molecule has 5 saturated carbocycles. The van der Waals surface area contributed by atoms with Crippen molar-refractivity contribution in [2.75, 3.05) is 0 Å². The van der Waals surface area contributed by atoms with Gasteiger partial charge < -0.3 is 5.11 Å². The molecule has 0 spiro atoms. The van der Waals surface area contributed by atoms with E-state index in [1.54, 1.807) is 0 Å². The molecule has 28 heavy (non-hydrogen) atoms. The van der Waals surface area contributed by atoms with Gasteiger partial charge in [0.05, 0.1) is 6.10 Å². The van der Waals surface area contributed by atoms with Gasteiger partial charge in [-0.15, -0.1) is 0 Å². The Morgan fingerprint density at radius 2 is 1.50 bits per heavy atom. The van der Waals surface area contributed by atoms with Gasteiger partial charge in [-0.2, -0.15) is 0 Å². The quantitative estimate of drug-likeness (QED) is 0.535. The zero-order valence-electron chi connectivity index (χ0n) is 18.8. The Morgan fingerprint density at radius 1 is 0.750 bits per heavy atom. The molecule has 5 aliphatic rings. The van der Waals surface area contributed by atoms with Crippen LogP contribution in [0.25, 0.3) is 0 Å². The fourth-order valence-corrected chi connectivity index (χ4v) is 9.77. The number of aliphatic hydroxyl groups is 1. The lowest BCUT2D eigenvalue weighted by molar-refractivity contribution is -0.127. The zero-order valence-corrected chi connectivity index (χ0v) is 18.8. The van der Waals surface area contributed by atoms with E-state index in [2.05, 4.69) is 13.8 Å². The highest BCUT2D eigenvalue weighted by Crippen LogP contribution is 2.67. The largest absolute Gasteiger partial charge is 0.393 e. The molecular formula is C27H46O. The van der Waals surface area contributed by atoms with E-state index in [0.29, 0.717) is 10.8 Å². The van der Waals surface area contributed by atoms with Crippen LogP contribution < -0.4 is 0 Å². The van der Waals surface area contributed by atoms with E-state index in [1.165, 1.54) is 89.9 Å². The summed E-state index contributed by atoms with van der Waals surface area (Å²) in [5, 5.41) is 10.2. The van der Waals surface area contributed by atoms with Crippen LogP contribution in [0.2, 0.25) is 0 Å². The summed E-state index contributed by atoms with van der Waals surface area (Å²) in [6, 6.07) is 0. The second kappa shape index (κ2) is 7.58. The van der Waals surface area contributed by atoms with Gasteiger partial charge in [-0.1, -0.05) is 52.4 Å². The summed E-state index contributed by atoms with van der Waals surface area (Å²) in [7, 11) is 0. The lowest BCUT2D eigenvalue weighted by Crippen LogP contribution is -2.53. The van der Waals surface area contributed by atoms with Crippen molar-refractivity contribution in [1.29, 1.82) is 0 Å². The average molecular weight is 387 g/mol. The van der Waals surface area contributed by atoms with Crippen LogP contribution >= 0.6 is 0 Å². The predicted octanol–water partition coefficient (Wildman–Crippen LogP) is 7.37. The van der Waals surface area contributed by atoms with Crippen LogP contribution in [-0.4, -0.2) is 11.2 Å². The highest BCUT2D eigenvalue weighted by atomic mass is 16.3. The minimum Gasteiger partial charge on any atom is -0.393 e. The van der Waals surface area contributed by atoms with Gasteiger partial charge in [-0.05, 0) is 111 Å². The Kier molecular flexibility index (Phi) is 5.39. The average Bonchev–Trinajstić information content (AvgIpc) is 3.30. The molecule has 4 unspecified atom stereocenters. The van der Waals surface area contributed by atoms with Crippen LogP contribution in [0.5, 0.6) is 0 Å².